The standard InChI is InChI=1S/C9H5ClO2S/c10-8-3-6-7(12)2-1-5(4-11)9(6)13-8/h1-4,12H. The summed E-state index contributed by atoms with van der Waals surface area (Å²) in [6.07, 6.45) is 0.759. The Hall–Kier alpha value is -1.06. The van der Waals surface area contributed by atoms with Crippen LogP contribution in [0.25, 0.3) is 10.1 Å². The fraction of sp³-hybridized carbons (Fsp3) is 0. The Morgan fingerprint density at radius 1 is 1.46 bits per heavy atom. The number of benzene rings is 1. The number of thiophene rings is 1. The van der Waals surface area contributed by atoms with Crippen LogP contribution < -0.4 is 0 Å². The number of phenols is 1. The zero-order valence-electron chi connectivity index (χ0n) is 6.45. The zero-order valence-corrected chi connectivity index (χ0v) is 8.02. The van der Waals surface area contributed by atoms with E-state index in [0.29, 0.717) is 15.3 Å². The van der Waals surface area contributed by atoms with Gasteiger partial charge in [0, 0.05) is 10.9 Å². The van der Waals surface area contributed by atoms with Gasteiger partial charge in [-0.1, -0.05) is 11.6 Å². The van der Waals surface area contributed by atoms with Crippen LogP contribution in [-0.2, 0) is 0 Å². The lowest BCUT2D eigenvalue weighted by molar-refractivity contribution is 0.112. The first-order valence-corrected chi connectivity index (χ1v) is 4.78. The van der Waals surface area contributed by atoms with Gasteiger partial charge in [0.15, 0.2) is 6.29 Å². The van der Waals surface area contributed by atoms with Crippen LogP contribution in [0.1, 0.15) is 10.4 Å². The second-order valence-electron chi connectivity index (χ2n) is 2.59. The van der Waals surface area contributed by atoms with Crippen LogP contribution in [0.5, 0.6) is 5.75 Å². The molecule has 0 fully saturated rings. The smallest absolute Gasteiger partial charge is 0.151 e. The summed E-state index contributed by atoms with van der Waals surface area (Å²) < 4.78 is 1.31. The largest absolute Gasteiger partial charge is 0.507 e. The fourth-order valence-electron chi connectivity index (χ4n) is 1.19. The summed E-state index contributed by atoms with van der Waals surface area (Å²) in [7, 11) is 0. The highest BCUT2D eigenvalue weighted by atomic mass is 35.5. The highest BCUT2D eigenvalue weighted by Crippen LogP contribution is 2.36. The van der Waals surface area contributed by atoms with Gasteiger partial charge < -0.3 is 5.11 Å². The Labute approximate surface area is 83.4 Å². The Morgan fingerprint density at radius 3 is 2.92 bits per heavy atom. The van der Waals surface area contributed by atoms with E-state index < -0.39 is 0 Å². The number of hydrogen-bond acceptors (Lipinski definition) is 3. The Kier molecular flexibility index (Phi) is 1.98. The summed E-state index contributed by atoms with van der Waals surface area (Å²) in [6.45, 7) is 0. The van der Waals surface area contributed by atoms with Gasteiger partial charge in [0.2, 0.25) is 0 Å². The van der Waals surface area contributed by atoms with Gasteiger partial charge in [-0.15, -0.1) is 11.3 Å². The molecule has 2 aromatic rings. The highest BCUT2D eigenvalue weighted by Gasteiger charge is 2.08. The Bertz CT molecular complexity index is 476. The van der Waals surface area contributed by atoms with Crippen molar-refractivity contribution >= 4 is 39.3 Å². The predicted octanol–water partition coefficient (Wildman–Crippen LogP) is 3.07. The third kappa shape index (κ3) is 1.30. The average molecular weight is 213 g/mol. The third-order valence-corrected chi connectivity index (χ3v) is 3.10. The van der Waals surface area contributed by atoms with Crippen LogP contribution in [-0.4, -0.2) is 11.4 Å². The minimum Gasteiger partial charge on any atom is -0.507 e. The van der Waals surface area contributed by atoms with Crippen molar-refractivity contribution in [3.8, 4) is 5.75 Å². The van der Waals surface area contributed by atoms with Gasteiger partial charge in [0.1, 0.15) is 5.75 Å². The molecule has 0 spiro atoms. The molecule has 4 heteroatoms. The van der Waals surface area contributed by atoms with Crippen molar-refractivity contribution in [2.75, 3.05) is 0 Å². The van der Waals surface area contributed by atoms with Crippen LogP contribution in [0.15, 0.2) is 18.2 Å². The first-order chi connectivity index (χ1) is 6.22. The molecule has 0 aliphatic carbocycles. The van der Waals surface area contributed by atoms with Crippen molar-refractivity contribution in [3.05, 3.63) is 28.1 Å². The molecule has 0 saturated heterocycles. The Balaban J connectivity index is 2.91. The second kappa shape index (κ2) is 3.01. The van der Waals surface area contributed by atoms with Crippen LogP contribution in [0.3, 0.4) is 0 Å². The van der Waals surface area contributed by atoms with Crippen molar-refractivity contribution in [1.29, 1.82) is 0 Å². The van der Waals surface area contributed by atoms with Gasteiger partial charge >= 0.3 is 0 Å². The summed E-state index contributed by atoms with van der Waals surface area (Å²) >= 11 is 7.07. The van der Waals surface area contributed by atoms with Gasteiger partial charge in [-0.25, -0.2) is 0 Å². The van der Waals surface area contributed by atoms with Crippen molar-refractivity contribution in [1.82, 2.24) is 0 Å². The number of aldehydes is 1. The quantitative estimate of drug-likeness (QED) is 0.738. The number of carbonyl (C=O) groups excluding carboxylic acids is 1. The molecule has 0 saturated carbocycles. The number of aromatic hydroxyl groups is 1. The zero-order chi connectivity index (χ0) is 9.42. The van der Waals surface area contributed by atoms with Gasteiger partial charge in [-0.05, 0) is 18.2 Å². The highest BCUT2D eigenvalue weighted by molar-refractivity contribution is 7.23. The lowest BCUT2D eigenvalue weighted by Crippen LogP contribution is -1.78. The number of halogens is 1. The molecule has 0 bridgehead atoms. The molecule has 1 aromatic heterocycles. The summed E-state index contributed by atoms with van der Waals surface area (Å²) in [5, 5.41) is 10.1. The van der Waals surface area contributed by atoms with E-state index in [1.165, 1.54) is 17.4 Å². The first kappa shape index (κ1) is 8.53. The molecular formula is C9H5ClO2S. The van der Waals surface area contributed by atoms with E-state index in [1.54, 1.807) is 12.1 Å². The number of phenolic OH excluding ortho intramolecular Hbond substituents is 1. The molecule has 2 nitrogen and oxygen atoms in total. The van der Waals surface area contributed by atoms with Crippen molar-refractivity contribution in [3.63, 3.8) is 0 Å². The SMILES string of the molecule is O=Cc1ccc(O)c2cc(Cl)sc12. The van der Waals surface area contributed by atoms with Gasteiger partial charge in [0.25, 0.3) is 0 Å². The number of rotatable bonds is 1. The van der Waals surface area contributed by atoms with E-state index in [1.807, 2.05) is 0 Å². The fourth-order valence-corrected chi connectivity index (χ4v) is 2.41. The summed E-state index contributed by atoms with van der Waals surface area (Å²) in [5.41, 5.74) is 0.560. The van der Waals surface area contributed by atoms with Crippen LogP contribution in [0.2, 0.25) is 4.34 Å². The molecule has 66 valence electrons. The van der Waals surface area contributed by atoms with Crippen LogP contribution >= 0.6 is 22.9 Å². The van der Waals surface area contributed by atoms with Crippen molar-refractivity contribution < 1.29 is 9.90 Å². The second-order valence-corrected chi connectivity index (χ2v) is 4.27. The van der Waals surface area contributed by atoms with Gasteiger partial charge in [-0.3, -0.25) is 4.79 Å². The third-order valence-electron chi connectivity index (χ3n) is 1.79. The minimum absolute atomic E-state index is 0.156. The lowest BCUT2D eigenvalue weighted by Gasteiger charge is -1.95. The normalized spacial score (nSPS) is 10.5. The monoisotopic (exact) mass is 212 g/mol. The van der Waals surface area contributed by atoms with Crippen LogP contribution in [0, 0.1) is 0 Å². The summed E-state index contributed by atoms with van der Waals surface area (Å²) in [6, 6.07) is 4.73. The van der Waals surface area contributed by atoms with Gasteiger partial charge in [-0.2, -0.15) is 0 Å². The van der Waals surface area contributed by atoms with Gasteiger partial charge in [0.05, 0.1) is 9.04 Å². The maximum atomic E-state index is 10.6. The van der Waals surface area contributed by atoms with E-state index in [9.17, 15) is 9.90 Å². The molecule has 13 heavy (non-hydrogen) atoms. The molecule has 1 N–H and O–H groups in total. The van der Waals surface area contributed by atoms with E-state index in [0.717, 1.165) is 11.0 Å². The molecule has 0 aliphatic heterocycles. The van der Waals surface area contributed by atoms with E-state index >= 15 is 0 Å². The molecule has 0 atom stereocenters. The Morgan fingerprint density at radius 2 is 2.23 bits per heavy atom. The van der Waals surface area contributed by atoms with E-state index in [2.05, 4.69) is 0 Å². The van der Waals surface area contributed by atoms with E-state index in [4.69, 9.17) is 11.6 Å². The topological polar surface area (TPSA) is 37.3 Å². The number of hydrogen-bond donors (Lipinski definition) is 1. The molecule has 1 heterocycles. The predicted molar refractivity (Wildman–Crippen MR) is 53.9 cm³/mol. The molecule has 0 unspecified atom stereocenters. The molecule has 0 radical (unpaired) electrons. The van der Waals surface area contributed by atoms with Crippen LogP contribution in [0.4, 0.5) is 0 Å². The first-order valence-electron chi connectivity index (χ1n) is 3.58. The molecule has 2 rings (SSSR count). The maximum Gasteiger partial charge on any atom is 0.151 e. The molecular weight excluding hydrogens is 208 g/mol. The maximum absolute atomic E-state index is 10.6. The minimum atomic E-state index is 0.156. The number of carbonyl (C=O) groups is 1. The lowest BCUT2D eigenvalue weighted by atomic mass is 10.2. The average Bonchev–Trinajstić information content (AvgIpc) is 2.48. The van der Waals surface area contributed by atoms with E-state index in [-0.39, 0.29) is 5.75 Å². The summed E-state index contributed by atoms with van der Waals surface area (Å²) in [4.78, 5) is 10.6. The summed E-state index contributed by atoms with van der Waals surface area (Å²) in [5.74, 6) is 0.156. The molecule has 0 aliphatic rings. The van der Waals surface area contributed by atoms with Crippen molar-refractivity contribution in [2.45, 2.75) is 0 Å². The molecule has 0 amide bonds. The van der Waals surface area contributed by atoms with Crippen molar-refractivity contribution in [2.24, 2.45) is 0 Å². The molecule has 1 aromatic carbocycles. The number of fused-ring (bicyclic) bond motifs is 1.